The molecule has 14 heavy (non-hydrogen) atoms. The Labute approximate surface area is 93.6 Å². The van der Waals surface area contributed by atoms with Gasteiger partial charge in [0.25, 0.3) is 0 Å². The first-order chi connectivity index (χ1) is 6.65. The van der Waals surface area contributed by atoms with Crippen molar-refractivity contribution >= 4 is 15.9 Å². The quantitative estimate of drug-likeness (QED) is 0.812. The van der Waals surface area contributed by atoms with Crippen molar-refractivity contribution < 1.29 is 5.11 Å². The molecule has 0 saturated carbocycles. The van der Waals surface area contributed by atoms with Crippen LogP contribution in [0.15, 0.2) is 35.3 Å². The lowest BCUT2D eigenvalue weighted by atomic mass is 10.0. The molecule has 1 nitrogen and oxygen atoms in total. The van der Waals surface area contributed by atoms with E-state index in [2.05, 4.69) is 22.5 Å². The van der Waals surface area contributed by atoms with Crippen LogP contribution in [0.1, 0.15) is 30.1 Å². The van der Waals surface area contributed by atoms with Crippen molar-refractivity contribution in [1.82, 2.24) is 0 Å². The van der Waals surface area contributed by atoms with Crippen molar-refractivity contribution in [2.75, 3.05) is 0 Å². The molecular weight excluding hydrogens is 240 g/mol. The van der Waals surface area contributed by atoms with Gasteiger partial charge in [0, 0.05) is 4.47 Å². The maximum atomic E-state index is 9.80. The highest BCUT2D eigenvalue weighted by molar-refractivity contribution is 9.10. The Morgan fingerprint density at radius 3 is 2.86 bits per heavy atom. The number of aliphatic hydroxyl groups is 1. The monoisotopic (exact) mass is 254 g/mol. The van der Waals surface area contributed by atoms with Crippen molar-refractivity contribution in [3.8, 4) is 0 Å². The minimum absolute atomic E-state index is 0.375. The SMILES string of the molecule is C=CCCC(O)c1ccc(Br)c(C)c1. The molecule has 0 bridgehead atoms. The van der Waals surface area contributed by atoms with E-state index in [0.717, 1.165) is 28.4 Å². The topological polar surface area (TPSA) is 20.2 Å². The molecule has 0 fully saturated rings. The normalized spacial score (nSPS) is 12.5. The maximum absolute atomic E-state index is 9.80. The fourth-order valence-corrected chi connectivity index (χ4v) is 1.56. The first kappa shape index (κ1) is 11.5. The third-order valence-electron chi connectivity index (χ3n) is 2.21. The zero-order valence-corrected chi connectivity index (χ0v) is 9.92. The van der Waals surface area contributed by atoms with Gasteiger partial charge in [0.05, 0.1) is 6.10 Å². The molecular formula is C12H15BrO. The van der Waals surface area contributed by atoms with E-state index in [-0.39, 0.29) is 6.10 Å². The molecule has 1 rings (SSSR count). The van der Waals surface area contributed by atoms with E-state index < -0.39 is 0 Å². The maximum Gasteiger partial charge on any atom is 0.0793 e. The van der Waals surface area contributed by atoms with E-state index in [1.54, 1.807) is 0 Å². The van der Waals surface area contributed by atoms with Crippen molar-refractivity contribution in [1.29, 1.82) is 0 Å². The van der Waals surface area contributed by atoms with Crippen molar-refractivity contribution in [2.24, 2.45) is 0 Å². The van der Waals surface area contributed by atoms with Gasteiger partial charge in [-0.2, -0.15) is 0 Å². The van der Waals surface area contributed by atoms with Crippen molar-refractivity contribution in [3.05, 3.63) is 46.5 Å². The lowest BCUT2D eigenvalue weighted by Gasteiger charge is -2.10. The molecule has 0 radical (unpaired) electrons. The van der Waals surface area contributed by atoms with Gasteiger partial charge in [0.15, 0.2) is 0 Å². The van der Waals surface area contributed by atoms with E-state index in [9.17, 15) is 5.11 Å². The van der Waals surface area contributed by atoms with Gasteiger partial charge in [-0.15, -0.1) is 6.58 Å². The molecule has 76 valence electrons. The zero-order chi connectivity index (χ0) is 10.6. The molecule has 0 saturated heterocycles. The van der Waals surface area contributed by atoms with Gasteiger partial charge in [0.2, 0.25) is 0 Å². The van der Waals surface area contributed by atoms with Crippen LogP contribution in [0, 0.1) is 6.92 Å². The summed E-state index contributed by atoms with van der Waals surface area (Å²) in [5, 5.41) is 9.80. The van der Waals surface area contributed by atoms with Gasteiger partial charge in [-0.05, 0) is 37.0 Å². The lowest BCUT2D eigenvalue weighted by molar-refractivity contribution is 0.168. The summed E-state index contributed by atoms with van der Waals surface area (Å²) >= 11 is 3.43. The average Bonchev–Trinajstić information content (AvgIpc) is 2.18. The molecule has 0 heterocycles. The number of aryl methyl sites for hydroxylation is 1. The smallest absolute Gasteiger partial charge is 0.0793 e. The van der Waals surface area contributed by atoms with Crippen LogP contribution in [0.3, 0.4) is 0 Å². The van der Waals surface area contributed by atoms with E-state index >= 15 is 0 Å². The third kappa shape index (κ3) is 2.96. The van der Waals surface area contributed by atoms with Gasteiger partial charge in [-0.3, -0.25) is 0 Å². The van der Waals surface area contributed by atoms with Gasteiger partial charge in [-0.1, -0.05) is 34.1 Å². The van der Waals surface area contributed by atoms with Crippen LogP contribution in [-0.4, -0.2) is 5.11 Å². The second-order valence-corrected chi connectivity index (χ2v) is 4.24. The molecule has 0 amide bonds. The zero-order valence-electron chi connectivity index (χ0n) is 8.33. The Morgan fingerprint density at radius 2 is 2.29 bits per heavy atom. The molecule has 0 spiro atoms. The Balaban J connectivity index is 2.75. The minimum Gasteiger partial charge on any atom is -0.388 e. The third-order valence-corrected chi connectivity index (χ3v) is 3.10. The van der Waals surface area contributed by atoms with Gasteiger partial charge >= 0.3 is 0 Å². The summed E-state index contributed by atoms with van der Waals surface area (Å²) in [4.78, 5) is 0. The summed E-state index contributed by atoms with van der Waals surface area (Å²) < 4.78 is 1.08. The molecule has 1 aromatic carbocycles. The van der Waals surface area contributed by atoms with Crippen LogP contribution in [-0.2, 0) is 0 Å². The molecule has 0 aliphatic heterocycles. The minimum atomic E-state index is -0.375. The molecule has 1 unspecified atom stereocenters. The molecule has 1 atom stereocenters. The number of benzene rings is 1. The van der Waals surface area contributed by atoms with Crippen LogP contribution in [0.5, 0.6) is 0 Å². The standard InChI is InChI=1S/C12H15BrO/c1-3-4-5-12(14)10-6-7-11(13)9(2)8-10/h3,6-8,12,14H,1,4-5H2,2H3. The molecule has 2 heteroatoms. The van der Waals surface area contributed by atoms with Gasteiger partial charge in [-0.25, -0.2) is 0 Å². The van der Waals surface area contributed by atoms with Crippen LogP contribution in [0.4, 0.5) is 0 Å². The van der Waals surface area contributed by atoms with E-state index in [1.165, 1.54) is 0 Å². The number of halogens is 1. The Kier molecular flexibility index (Phi) is 4.36. The summed E-state index contributed by atoms with van der Waals surface area (Å²) in [5.74, 6) is 0. The fraction of sp³-hybridized carbons (Fsp3) is 0.333. The summed E-state index contributed by atoms with van der Waals surface area (Å²) in [6.07, 6.45) is 3.04. The molecule has 1 N–H and O–H groups in total. The molecule has 0 aliphatic carbocycles. The second-order valence-electron chi connectivity index (χ2n) is 3.39. The highest BCUT2D eigenvalue weighted by Gasteiger charge is 2.07. The largest absolute Gasteiger partial charge is 0.388 e. The summed E-state index contributed by atoms with van der Waals surface area (Å²) in [6, 6.07) is 5.93. The van der Waals surface area contributed by atoms with Crippen LogP contribution >= 0.6 is 15.9 Å². The predicted octanol–water partition coefficient (Wildman–Crippen LogP) is 3.76. The summed E-state index contributed by atoms with van der Waals surface area (Å²) in [6.45, 7) is 5.66. The molecule has 0 aliphatic rings. The van der Waals surface area contributed by atoms with Gasteiger partial charge in [0.1, 0.15) is 0 Å². The first-order valence-corrected chi connectivity index (χ1v) is 5.49. The van der Waals surface area contributed by atoms with Gasteiger partial charge < -0.3 is 5.11 Å². The summed E-state index contributed by atoms with van der Waals surface area (Å²) in [7, 11) is 0. The highest BCUT2D eigenvalue weighted by Crippen LogP contribution is 2.23. The Hall–Kier alpha value is -0.600. The van der Waals surface area contributed by atoms with E-state index in [1.807, 2.05) is 31.2 Å². The fourth-order valence-electron chi connectivity index (χ4n) is 1.32. The number of allylic oxidation sites excluding steroid dienone is 1. The van der Waals surface area contributed by atoms with Crippen LogP contribution < -0.4 is 0 Å². The number of rotatable bonds is 4. The number of hydrogen-bond donors (Lipinski definition) is 1. The van der Waals surface area contributed by atoms with E-state index in [0.29, 0.717) is 0 Å². The highest BCUT2D eigenvalue weighted by atomic mass is 79.9. The van der Waals surface area contributed by atoms with Crippen LogP contribution in [0.25, 0.3) is 0 Å². The predicted molar refractivity (Wildman–Crippen MR) is 63.3 cm³/mol. The number of hydrogen-bond acceptors (Lipinski definition) is 1. The number of aliphatic hydroxyl groups excluding tert-OH is 1. The summed E-state index contributed by atoms with van der Waals surface area (Å²) in [5.41, 5.74) is 2.13. The molecule has 0 aromatic heterocycles. The molecule has 1 aromatic rings. The Morgan fingerprint density at radius 1 is 1.57 bits per heavy atom. The lowest BCUT2D eigenvalue weighted by Crippen LogP contribution is -1.97. The van der Waals surface area contributed by atoms with E-state index in [4.69, 9.17) is 0 Å². The first-order valence-electron chi connectivity index (χ1n) is 4.70. The van der Waals surface area contributed by atoms with Crippen molar-refractivity contribution in [3.63, 3.8) is 0 Å². The average molecular weight is 255 g/mol. The Bertz CT molecular complexity index is 320. The van der Waals surface area contributed by atoms with Crippen LogP contribution in [0.2, 0.25) is 0 Å². The van der Waals surface area contributed by atoms with Crippen molar-refractivity contribution in [2.45, 2.75) is 25.9 Å². The second kappa shape index (κ2) is 5.32.